The van der Waals surface area contributed by atoms with Gasteiger partial charge in [-0.1, -0.05) is 41.9 Å². The smallest absolute Gasteiger partial charge is 0.321 e. The van der Waals surface area contributed by atoms with Gasteiger partial charge in [-0.2, -0.15) is 4.98 Å². The molecule has 0 unspecified atom stereocenters. The number of aromatic nitrogens is 2. The molecule has 0 amide bonds. The zero-order valence-electron chi connectivity index (χ0n) is 10.5. The number of anilines is 1. The molecule has 0 atom stereocenters. The normalized spacial score (nSPS) is 17.2. The second-order valence-electron chi connectivity index (χ2n) is 4.76. The maximum Gasteiger partial charge on any atom is 0.321 e. The molecular weight excluding hydrogens is 226 g/mol. The summed E-state index contributed by atoms with van der Waals surface area (Å²) >= 11 is 0. The Morgan fingerprint density at radius 2 is 2.06 bits per heavy atom. The summed E-state index contributed by atoms with van der Waals surface area (Å²) in [5.74, 6) is 0.816. The van der Waals surface area contributed by atoms with E-state index in [-0.39, 0.29) is 5.41 Å². The summed E-state index contributed by atoms with van der Waals surface area (Å²) in [6, 6.07) is 11.0. The first-order valence-electron chi connectivity index (χ1n) is 6.49. The van der Waals surface area contributed by atoms with Gasteiger partial charge in [-0.25, -0.2) is 0 Å². The van der Waals surface area contributed by atoms with Crippen LogP contribution in [0.15, 0.2) is 34.9 Å². The first kappa shape index (κ1) is 11.3. The van der Waals surface area contributed by atoms with Crippen molar-refractivity contribution < 1.29 is 4.52 Å². The Labute approximate surface area is 106 Å². The highest BCUT2D eigenvalue weighted by Gasteiger charge is 2.44. The highest BCUT2D eigenvalue weighted by Crippen LogP contribution is 2.47. The fraction of sp³-hybridized carbons (Fsp3) is 0.429. The lowest BCUT2D eigenvalue weighted by atomic mass is 9.64. The number of rotatable bonds is 4. The molecule has 1 aromatic carbocycles. The molecule has 0 saturated heterocycles. The number of nitrogens with zero attached hydrogens (tertiary/aromatic N) is 2. The second kappa shape index (κ2) is 4.44. The summed E-state index contributed by atoms with van der Waals surface area (Å²) in [4.78, 5) is 4.48. The Kier molecular flexibility index (Phi) is 2.78. The molecule has 1 heterocycles. The van der Waals surface area contributed by atoms with Crippen LogP contribution in [0.25, 0.3) is 0 Å². The van der Waals surface area contributed by atoms with Crippen LogP contribution >= 0.6 is 0 Å². The van der Waals surface area contributed by atoms with Gasteiger partial charge in [0.25, 0.3) is 0 Å². The lowest BCUT2D eigenvalue weighted by Gasteiger charge is -2.39. The maximum atomic E-state index is 5.24. The third-order valence-electron chi connectivity index (χ3n) is 3.72. The van der Waals surface area contributed by atoms with Gasteiger partial charge in [0.2, 0.25) is 0 Å². The van der Waals surface area contributed by atoms with Gasteiger partial charge in [-0.05, 0) is 25.3 Å². The number of benzene rings is 1. The molecule has 94 valence electrons. The monoisotopic (exact) mass is 243 g/mol. The lowest BCUT2D eigenvalue weighted by molar-refractivity contribution is 0.273. The van der Waals surface area contributed by atoms with Crippen LogP contribution in [0.1, 0.15) is 37.6 Å². The largest absolute Gasteiger partial charge is 0.338 e. The maximum absolute atomic E-state index is 5.24. The molecule has 0 bridgehead atoms. The van der Waals surface area contributed by atoms with Gasteiger partial charge in [0.1, 0.15) is 0 Å². The molecule has 0 radical (unpaired) electrons. The minimum Gasteiger partial charge on any atom is -0.338 e. The average Bonchev–Trinajstić information content (AvgIpc) is 2.79. The van der Waals surface area contributed by atoms with E-state index in [0.29, 0.717) is 6.01 Å². The fourth-order valence-corrected chi connectivity index (χ4v) is 2.57. The highest BCUT2D eigenvalue weighted by atomic mass is 16.5. The Bertz CT molecular complexity index is 517. The lowest BCUT2D eigenvalue weighted by Crippen LogP contribution is -2.36. The van der Waals surface area contributed by atoms with Crippen LogP contribution in [0, 0.1) is 0 Å². The summed E-state index contributed by atoms with van der Waals surface area (Å²) in [7, 11) is 0. The topological polar surface area (TPSA) is 51.0 Å². The van der Waals surface area contributed by atoms with E-state index in [4.69, 9.17) is 4.52 Å². The van der Waals surface area contributed by atoms with Crippen LogP contribution in [0.5, 0.6) is 0 Å². The first-order chi connectivity index (χ1) is 8.85. The van der Waals surface area contributed by atoms with Crippen LogP contribution in [-0.4, -0.2) is 16.7 Å². The number of hydrogen-bond acceptors (Lipinski definition) is 4. The predicted molar refractivity (Wildman–Crippen MR) is 69.5 cm³/mol. The minimum atomic E-state index is -0.0293. The molecular formula is C14H17N3O. The van der Waals surface area contributed by atoms with E-state index in [9.17, 15) is 0 Å². The molecule has 1 aliphatic rings. The molecule has 3 rings (SSSR count). The zero-order valence-corrected chi connectivity index (χ0v) is 10.5. The van der Waals surface area contributed by atoms with Crippen molar-refractivity contribution in [2.75, 3.05) is 11.9 Å². The van der Waals surface area contributed by atoms with Gasteiger partial charge in [0.05, 0.1) is 5.41 Å². The van der Waals surface area contributed by atoms with Gasteiger partial charge in [0, 0.05) is 6.54 Å². The van der Waals surface area contributed by atoms with Crippen LogP contribution in [0.3, 0.4) is 0 Å². The molecule has 1 fully saturated rings. The van der Waals surface area contributed by atoms with Crippen molar-refractivity contribution in [3.05, 3.63) is 41.7 Å². The molecule has 0 spiro atoms. The van der Waals surface area contributed by atoms with Gasteiger partial charge in [-0.3, -0.25) is 0 Å². The summed E-state index contributed by atoms with van der Waals surface area (Å²) in [6.07, 6.45) is 3.42. The van der Waals surface area contributed by atoms with Gasteiger partial charge in [-0.15, -0.1) is 0 Å². The molecule has 1 N–H and O–H groups in total. The number of nitrogens with one attached hydrogen (secondary N) is 1. The van der Waals surface area contributed by atoms with E-state index < -0.39 is 0 Å². The second-order valence-corrected chi connectivity index (χ2v) is 4.76. The van der Waals surface area contributed by atoms with Crippen molar-refractivity contribution in [3.8, 4) is 0 Å². The Hall–Kier alpha value is -1.84. The molecule has 0 aliphatic heterocycles. The van der Waals surface area contributed by atoms with E-state index in [1.807, 2.05) is 13.0 Å². The molecule has 4 heteroatoms. The Morgan fingerprint density at radius 1 is 1.28 bits per heavy atom. The molecule has 1 aromatic heterocycles. The summed E-state index contributed by atoms with van der Waals surface area (Å²) in [5.41, 5.74) is 1.26. The van der Waals surface area contributed by atoms with Gasteiger partial charge < -0.3 is 9.84 Å². The first-order valence-corrected chi connectivity index (χ1v) is 6.49. The quantitative estimate of drug-likeness (QED) is 0.897. The molecule has 1 saturated carbocycles. The fourth-order valence-electron chi connectivity index (χ4n) is 2.57. The summed E-state index contributed by atoms with van der Waals surface area (Å²) in [6.45, 7) is 2.81. The Balaban J connectivity index is 1.96. The average molecular weight is 243 g/mol. The van der Waals surface area contributed by atoms with Crippen molar-refractivity contribution >= 4 is 6.01 Å². The van der Waals surface area contributed by atoms with E-state index in [1.54, 1.807) is 0 Å². The molecule has 18 heavy (non-hydrogen) atoms. The van der Waals surface area contributed by atoms with E-state index in [2.05, 4.69) is 39.7 Å². The van der Waals surface area contributed by atoms with Crippen LogP contribution in [-0.2, 0) is 5.41 Å². The van der Waals surface area contributed by atoms with E-state index in [0.717, 1.165) is 25.2 Å². The van der Waals surface area contributed by atoms with E-state index >= 15 is 0 Å². The van der Waals surface area contributed by atoms with Crippen molar-refractivity contribution in [1.82, 2.24) is 10.1 Å². The van der Waals surface area contributed by atoms with Crippen molar-refractivity contribution in [2.45, 2.75) is 31.6 Å². The third-order valence-corrected chi connectivity index (χ3v) is 3.72. The van der Waals surface area contributed by atoms with Gasteiger partial charge >= 0.3 is 6.01 Å². The van der Waals surface area contributed by atoms with Crippen LogP contribution < -0.4 is 5.32 Å². The van der Waals surface area contributed by atoms with E-state index in [1.165, 1.54) is 12.0 Å². The molecule has 2 aromatic rings. The third kappa shape index (κ3) is 1.68. The van der Waals surface area contributed by atoms with Crippen molar-refractivity contribution in [1.29, 1.82) is 0 Å². The van der Waals surface area contributed by atoms with Crippen molar-refractivity contribution in [2.24, 2.45) is 0 Å². The van der Waals surface area contributed by atoms with Gasteiger partial charge in [0.15, 0.2) is 5.82 Å². The molecule has 4 nitrogen and oxygen atoms in total. The van der Waals surface area contributed by atoms with Crippen LogP contribution in [0.2, 0.25) is 0 Å². The SMILES string of the molecule is CCNc1nc(C2(c3ccccc3)CCC2)no1. The highest BCUT2D eigenvalue weighted by molar-refractivity contribution is 5.36. The predicted octanol–water partition coefficient (Wildman–Crippen LogP) is 2.97. The van der Waals surface area contributed by atoms with Crippen molar-refractivity contribution in [3.63, 3.8) is 0 Å². The van der Waals surface area contributed by atoms with Crippen LogP contribution in [0.4, 0.5) is 6.01 Å². The standard InChI is InChI=1S/C14H17N3O/c1-2-15-13-16-12(17-18-13)14(9-6-10-14)11-7-4-3-5-8-11/h3-5,7-8H,2,6,9-10H2,1H3,(H,15,16,17). The Morgan fingerprint density at radius 3 is 2.67 bits per heavy atom. The summed E-state index contributed by atoms with van der Waals surface area (Å²) < 4.78 is 5.24. The minimum absolute atomic E-state index is 0.0293. The molecule has 1 aliphatic carbocycles. The zero-order chi connectivity index (χ0) is 12.4. The summed E-state index contributed by atoms with van der Waals surface area (Å²) in [5, 5.41) is 7.22. The number of hydrogen-bond donors (Lipinski definition) is 1.